The average Bonchev–Trinajstić information content (AvgIpc) is 2.64. The van der Waals surface area contributed by atoms with Crippen LogP contribution in [0, 0.1) is 25.6 Å². The Kier molecular flexibility index (Phi) is 8.68. The number of unbranched alkanes of at least 4 members (excludes halogenated alkanes) is 3. The minimum absolute atomic E-state index is 0.254. The van der Waals surface area contributed by atoms with Gasteiger partial charge in [-0.15, -0.1) is 0 Å². The van der Waals surface area contributed by atoms with E-state index < -0.39 is 38.6 Å². The highest BCUT2D eigenvalue weighted by Gasteiger charge is 2.33. The summed E-state index contributed by atoms with van der Waals surface area (Å²) in [5.74, 6) is -1.17. The molecule has 0 heterocycles. The number of hydrogen-bond acceptors (Lipinski definition) is 6. The highest BCUT2D eigenvalue weighted by molar-refractivity contribution is 5.98. The topological polar surface area (TPSA) is 144 Å². The summed E-state index contributed by atoms with van der Waals surface area (Å²) in [5, 5.41) is 27.4. The molecule has 0 spiro atoms. The largest absolute Gasteiger partial charge is 0.354 e. The fourth-order valence-electron chi connectivity index (χ4n) is 2.69. The Bertz CT molecular complexity index is 740. The summed E-state index contributed by atoms with van der Waals surface area (Å²) in [6.07, 6.45) is 3.95. The van der Waals surface area contributed by atoms with Gasteiger partial charge in [0, 0.05) is 18.7 Å². The molecular weight excluding hydrogens is 380 g/mol. The van der Waals surface area contributed by atoms with Gasteiger partial charge in [0.1, 0.15) is 6.04 Å². The molecule has 1 aromatic carbocycles. The Morgan fingerprint density at radius 3 is 2.00 bits per heavy atom. The van der Waals surface area contributed by atoms with Gasteiger partial charge in [0.25, 0.3) is 17.3 Å². The normalized spacial score (nSPS) is 12.1. The lowest BCUT2D eigenvalue weighted by Gasteiger charge is -2.30. The van der Waals surface area contributed by atoms with E-state index in [1.807, 2.05) is 0 Å². The standard InChI is InChI=1S/C19H28N4O6/c1-5-6-7-8-9-20-18(25)16(19(2,3)4)21-17(24)13-10-14(22(26)27)12-15(11-13)23(28)29/h10-12,16H,5-9H2,1-4H3,(H,20,25)(H,21,24)/t16-/m1/s1. The molecule has 160 valence electrons. The summed E-state index contributed by atoms with van der Waals surface area (Å²) in [5.41, 5.74) is -2.04. The van der Waals surface area contributed by atoms with Crippen LogP contribution in [0.15, 0.2) is 18.2 Å². The molecule has 0 aliphatic rings. The van der Waals surface area contributed by atoms with Crippen LogP contribution in [0.25, 0.3) is 0 Å². The first-order chi connectivity index (χ1) is 13.5. The van der Waals surface area contributed by atoms with Crippen molar-refractivity contribution in [3.63, 3.8) is 0 Å². The van der Waals surface area contributed by atoms with E-state index in [1.165, 1.54) is 0 Å². The third-order valence-corrected chi connectivity index (χ3v) is 4.32. The van der Waals surface area contributed by atoms with Gasteiger partial charge in [0.2, 0.25) is 5.91 Å². The monoisotopic (exact) mass is 408 g/mol. The van der Waals surface area contributed by atoms with Crippen LogP contribution in [0.4, 0.5) is 11.4 Å². The molecule has 2 amide bonds. The highest BCUT2D eigenvalue weighted by Crippen LogP contribution is 2.24. The summed E-state index contributed by atoms with van der Waals surface area (Å²) in [4.78, 5) is 45.7. The molecule has 0 unspecified atom stereocenters. The SMILES string of the molecule is CCCCCCNC(=O)[C@@H](NC(=O)c1cc([N+](=O)[O-])cc([N+](=O)[O-])c1)C(C)(C)C. The number of nitro groups is 2. The van der Waals surface area contributed by atoms with Gasteiger partial charge in [-0.3, -0.25) is 29.8 Å². The van der Waals surface area contributed by atoms with E-state index >= 15 is 0 Å². The van der Waals surface area contributed by atoms with Gasteiger partial charge in [-0.2, -0.15) is 0 Å². The number of amides is 2. The fraction of sp³-hybridized carbons (Fsp3) is 0.579. The van der Waals surface area contributed by atoms with Crippen LogP contribution in [-0.2, 0) is 4.79 Å². The Balaban J connectivity index is 3.00. The second kappa shape index (κ2) is 10.5. The zero-order valence-corrected chi connectivity index (χ0v) is 17.2. The van der Waals surface area contributed by atoms with Crippen molar-refractivity contribution in [2.45, 2.75) is 59.4 Å². The molecule has 0 radical (unpaired) electrons. The van der Waals surface area contributed by atoms with Gasteiger partial charge in [-0.1, -0.05) is 47.0 Å². The van der Waals surface area contributed by atoms with Gasteiger partial charge >= 0.3 is 0 Å². The van der Waals surface area contributed by atoms with Crippen LogP contribution >= 0.6 is 0 Å². The van der Waals surface area contributed by atoms with Crippen molar-refractivity contribution in [2.24, 2.45) is 5.41 Å². The quantitative estimate of drug-likeness (QED) is 0.345. The van der Waals surface area contributed by atoms with E-state index in [9.17, 15) is 29.8 Å². The van der Waals surface area contributed by atoms with Gasteiger partial charge in [-0.05, 0) is 11.8 Å². The van der Waals surface area contributed by atoms with E-state index in [2.05, 4.69) is 17.6 Å². The molecule has 1 atom stereocenters. The third-order valence-electron chi connectivity index (χ3n) is 4.32. The van der Waals surface area contributed by atoms with Crippen LogP contribution in [0.3, 0.4) is 0 Å². The van der Waals surface area contributed by atoms with Crippen molar-refractivity contribution < 1.29 is 19.4 Å². The van der Waals surface area contributed by atoms with Crippen molar-refractivity contribution in [3.8, 4) is 0 Å². The third kappa shape index (κ3) is 7.47. The van der Waals surface area contributed by atoms with E-state index in [1.54, 1.807) is 20.8 Å². The van der Waals surface area contributed by atoms with E-state index in [0.717, 1.165) is 43.9 Å². The molecule has 0 aliphatic heterocycles. The molecule has 0 aliphatic carbocycles. The smallest absolute Gasteiger partial charge is 0.277 e. The van der Waals surface area contributed by atoms with Crippen LogP contribution in [0.2, 0.25) is 0 Å². The lowest BCUT2D eigenvalue weighted by atomic mass is 9.86. The number of nitrogens with zero attached hydrogens (tertiary/aromatic N) is 2. The molecule has 0 saturated heterocycles. The Hall–Kier alpha value is -3.04. The Morgan fingerprint density at radius 1 is 1.00 bits per heavy atom. The Labute approximate surface area is 169 Å². The number of carbonyl (C=O) groups excluding carboxylic acids is 2. The zero-order valence-electron chi connectivity index (χ0n) is 17.2. The number of hydrogen-bond donors (Lipinski definition) is 2. The molecule has 0 bridgehead atoms. The molecular formula is C19H28N4O6. The minimum atomic E-state index is -0.917. The first-order valence-corrected chi connectivity index (χ1v) is 9.49. The first kappa shape index (κ1) is 24.0. The summed E-state index contributed by atoms with van der Waals surface area (Å²) < 4.78 is 0. The predicted octanol–water partition coefficient (Wildman–Crippen LogP) is 3.34. The van der Waals surface area contributed by atoms with Crippen LogP contribution < -0.4 is 10.6 Å². The Morgan fingerprint density at radius 2 is 1.55 bits per heavy atom. The summed E-state index contributed by atoms with van der Waals surface area (Å²) in [6.45, 7) is 7.87. The highest BCUT2D eigenvalue weighted by atomic mass is 16.6. The van der Waals surface area contributed by atoms with Crippen molar-refractivity contribution in [1.82, 2.24) is 10.6 Å². The molecule has 0 aromatic heterocycles. The molecule has 29 heavy (non-hydrogen) atoms. The van der Waals surface area contributed by atoms with Crippen LogP contribution in [0.5, 0.6) is 0 Å². The molecule has 2 N–H and O–H groups in total. The molecule has 10 heteroatoms. The number of carbonyl (C=O) groups is 2. The first-order valence-electron chi connectivity index (χ1n) is 9.49. The van der Waals surface area contributed by atoms with Crippen molar-refractivity contribution >= 4 is 23.2 Å². The molecule has 10 nitrogen and oxygen atoms in total. The van der Waals surface area contributed by atoms with Gasteiger partial charge in [0.15, 0.2) is 0 Å². The molecule has 1 aromatic rings. The van der Waals surface area contributed by atoms with Gasteiger partial charge in [0.05, 0.1) is 21.5 Å². The summed E-state index contributed by atoms with van der Waals surface area (Å²) in [7, 11) is 0. The summed E-state index contributed by atoms with van der Waals surface area (Å²) in [6, 6.07) is 1.76. The van der Waals surface area contributed by atoms with E-state index in [4.69, 9.17) is 0 Å². The maximum absolute atomic E-state index is 12.6. The predicted molar refractivity (Wildman–Crippen MR) is 108 cm³/mol. The average molecular weight is 408 g/mol. The maximum Gasteiger partial charge on any atom is 0.277 e. The van der Waals surface area contributed by atoms with E-state index in [-0.39, 0.29) is 11.5 Å². The number of nitro benzene ring substituents is 2. The number of nitrogens with one attached hydrogen (secondary N) is 2. The molecule has 1 rings (SSSR count). The van der Waals surface area contributed by atoms with Crippen molar-refractivity contribution in [1.29, 1.82) is 0 Å². The van der Waals surface area contributed by atoms with Gasteiger partial charge < -0.3 is 10.6 Å². The summed E-state index contributed by atoms with van der Waals surface area (Å²) >= 11 is 0. The second-order valence-electron chi connectivity index (χ2n) is 7.88. The lowest BCUT2D eigenvalue weighted by Crippen LogP contribution is -2.53. The number of benzene rings is 1. The minimum Gasteiger partial charge on any atom is -0.354 e. The second-order valence-corrected chi connectivity index (χ2v) is 7.88. The lowest BCUT2D eigenvalue weighted by molar-refractivity contribution is -0.394. The fourth-order valence-corrected chi connectivity index (χ4v) is 2.69. The van der Waals surface area contributed by atoms with E-state index in [0.29, 0.717) is 6.54 Å². The van der Waals surface area contributed by atoms with Crippen molar-refractivity contribution in [3.05, 3.63) is 44.0 Å². The van der Waals surface area contributed by atoms with Crippen LogP contribution in [-0.4, -0.2) is 34.2 Å². The maximum atomic E-state index is 12.6. The zero-order chi connectivity index (χ0) is 22.2. The van der Waals surface area contributed by atoms with Gasteiger partial charge in [-0.25, -0.2) is 0 Å². The number of non-ortho nitro benzene ring substituents is 2. The number of rotatable bonds is 10. The molecule has 0 fully saturated rings. The van der Waals surface area contributed by atoms with Crippen LogP contribution in [0.1, 0.15) is 63.7 Å². The molecule has 0 saturated carbocycles. The van der Waals surface area contributed by atoms with Crippen molar-refractivity contribution in [2.75, 3.05) is 6.54 Å².